The van der Waals surface area contributed by atoms with E-state index in [0.29, 0.717) is 18.4 Å². The summed E-state index contributed by atoms with van der Waals surface area (Å²) in [6.07, 6.45) is 3.79. The maximum atomic E-state index is 5.95. The van der Waals surface area contributed by atoms with Crippen molar-refractivity contribution in [3.8, 4) is 0 Å². The number of nitrogens with zero attached hydrogens (tertiary/aromatic N) is 2. The molecule has 0 saturated carbocycles. The smallest absolute Gasteiger partial charge is 0.193 e. The number of guanidine groups is 1. The number of aliphatic imine (C=N–C) groups is 1. The topological polar surface area (TPSA) is 75.3 Å². The van der Waals surface area contributed by atoms with E-state index in [2.05, 4.69) is 46.6 Å². The van der Waals surface area contributed by atoms with E-state index in [4.69, 9.17) is 5.73 Å². The van der Waals surface area contributed by atoms with Crippen molar-refractivity contribution in [1.29, 1.82) is 0 Å². The van der Waals surface area contributed by atoms with Crippen LogP contribution in [-0.2, 0) is 0 Å². The van der Waals surface area contributed by atoms with Crippen molar-refractivity contribution < 1.29 is 0 Å². The van der Waals surface area contributed by atoms with E-state index < -0.39 is 0 Å². The Morgan fingerprint density at radius 2 is 2.00 bits per heavy atom. The molecule has 0 radical (unpaired) electrons. The Bertz CT molecular complexity index is 643. The highest BCUT2D eigenvalue weighted by atomic mass is 127. The van der Waals surface area contributed by atoms with E-state index in [1.807, 2.05) is 30.3 Å². The van der Waals surface area contributed by atoms with E-state index in [9.17, 15) is 0 Å². The number of unbranched alkanes of at least 4 members (excludes halogenated alkanes) is 1. The van der Waals surface area contributed by atoms with Gasteiger partial charge < -0.3 is 16.4 Å². The highest BCUT2D eigenvalue weighted by Crippen LogP contribution is 2.18. The molecule has 2 aromatic rings. The summed E-state index contributed by atoms with van der Waals surface area (Å²) in [4.78, 5) is 8.60. The molecule has 0 amide bonds. The SMILES string of the molecule is CC(C)c1cccc(NC(N)=NCCCCNc2ccccn2)c1.I. The molecular weight excluding hydrogens is 425 g/mol. The van der Waals surface area contributed by atoms with Gasteiger partial charge >= 0.3 is 0 Å². The number of hydrogen-bond acceptors (Lipinski definition) is 3. The zero-order valence-corrected chi connectivity index (χ0v) is 17.2. The number of anilines is 2. The predicted molar refractivity (Wildman–Crippen MR) is 118 cm³/mol. The minimum atomic E-state index is 0. The molecule has 0 bridgehead atoms. The molecule has 0 atom stereocenters. The van der Waals surface area contributed by atoms with Gasteiger partial charge in [0.25, 0.3) is 0 Å². The minimum absolute atomic E-state index is 0. The van der Waals surface area contributed by atoms with E-state index >= 15 is 0 Å². The number of nitrogens with two attached hydrogens (primary N) is 1. The Morgan fingerprint density at radius 1 is 1.16 bits per heavy atom. The van der Waals surface area contributed by atoms with Gasteiger partial charge in [-0.2, -0.15) is 0 Å². The molecule has 0 aliphatic heterocycles. The molecule has 136 valence electrons. The summed E-state index contributed by atoms with van der Waals surface area (Å²) in [7, 11) is 0. The molecule has 1 aromatic carbocycles. The van der Waals surface area contributed by atoms with Crippen LogP contribution < -0.4 is 16.4 Å². The van der Waals surface area contributed by atoms with Crippen LogP contribution in [0.2, 0.25) is 0 Å². The standard InChI is InChI=1S/C19H27N5.HI/c1-15(2)16-8-7-9-17(14-16)24-19(20)23-13-6-5-12-22-18-10-3-4-11-21-18;/h3-4,7-11,14-15H,5-6,12-13H2,1-2H3,(H,21,22)(H3,20,23,24);1H. The van der Waals surface area contributed by atoms with Crippen LogP contribution in [-0.4, -0.2) is 24.0 Å². The van der Waals surface area contributed by atoms with Crippen LogP contribution in [0.15, 0.2) is 53.7 Å². The van der Waals surface area contributed by atoms with E-state index in [1.54, 1.807) is 6.20 Å². The van der Waals surface area contributed by atoms with Crippen LogP contribution in [0.5, 0.6) is 0 Å². The van der Waals surface area contributed by atoms with Gasteiger partial charge in [-0.05, 0) is 48.6 Å². The number of nitrogens with one attached hydrogen (secondary N) is 2. The number of hydrogen-bond donors (Lipinski definition) is 3. The maximum Gasteiger partial charge on any atom is 0.193 e. The lowest BCUT2D eigenvalue weighted by atomic mass is 10.0. The summed E-state index contributed by atoms with van der Waals surface area (Å²) in [6, 6.07) is 14.1. The van der Waals surface area contributed by atoms with Gasteiger partial charge in [0, 0.05) is 25.0 Å². The molecule has 0 unspecified atom stereocenters. The molecule has 6 heteroatoms. The largest absolute Gasteiger partial charge is 0.370 e. The van der Waals surface area contributed by atoms with Crippen LogP contribution in [0.4, 0.5) is 11.5 Å². The van der Waals surface area contributed by atoms with E-state index in [1.165, 1.54) is 5.56 Å². The quantitative estimate of drug-likeness (QED) is 0.239. The van der Waals surface area contributed by atoms with Crippen molar-refractivity contribution in [2.45, 2.75) is 32.6 Å². The van der Waals surface area contributed by atoms with Gasteiger partial charge in [-0.15, -0.1) is 24.0 Å². The van der Waals surface area contributed by atoms with E-state index in [-0.39, 0.29) is 24.0 Å². The van der Waals surface area contributed by atoms with Crippen LogP contribution in [0.25, 0.3) is 0 Å². The molecule has 1 heterocycles. The molecule has 25 heavy (non-hydrogen) atoms. The maximum absolute atomic E-state index is 5.95. The molecule has 4 N–H and O–H groups in total. The summed E-state index contributed by atoms with van der Waals surface area (Å²) >= 11 is 0. The number of halogens is 1. The number of rotatable bonds is 8. The van der Waals surface area contributed by atoms with Gasteiger partial charge in [-0.3, -0.25) is 4.99 Å². The second kappa shape index (κ2) is 11.7. The first-order chi connectivity index (χ1) is 11.6. The molecule has 0 aliphatic carbocycles. The lowest BCUT2D eigenvalue weighted by Gasteiger charge is -2.10. The van der Waals surface area contributed by atoms with Gasteiger partial charge in [-0.25, -0.2) is 4.98 Å². The van der Waals surface area contributed by atoms with Crippen LogP contribution >= 0.6 is 24.0 Å². The Kier molecular flexibility index (Phi) is 9.91. The second-order valence-corrected chi connectivity index (χ2v) is 6.02. The summed E-state index contributed by atoms with van der Waals surface area (Å²) in [5.74, 6) is 1.87. The van der Waals surface area contributed by atoms with Crippen molar-refractivity contribution in [3.63, 3.8) is 0 Å². The lowest BCUT2D eigenvalue weighted by Crippen LogP contribution is -2.23. The fourth-order valence-corrected chi connectivity index (χ4v) is 2.28. The Labute approximate surface area is 167 Å². The van der Waals surface area contributed by atoms with Crippen molar-refractivity contribution >= 4 is 41.4 Å². The summed E-state index contributed by atoms with van der Waals surface area (Å²) in [5.41, 5.74) is 8.22. The predicted octanol–water partition coefficient (Wildman–Crippen LogP) is 4.44. The summed E-state index contributed by atoms with van der Waals surface area (Å²) in [6.45, 7) is 5.95. The van der Waals surface area contributed by atoms with Crippen LogP contribution in [0, 0.1) is 0 Å². The molecule has 1 aromatic heterocycles. The molecule has 0 saturated heterocycles. The molecule has 2 rings (SSSR count). The molecule has 5 nitrogen and oxygen atoms in total. The average Bonchev–Trinajstić information content (AvgIpc) is 2.59. The second-order valence-electron chi connectivity index (χ2n) is 6.02. The first-order valence-corrected chi connectivity index (χ1v) is 8.47. The highest BCUT2D eigenvalue weighted by molar-refractivity contribution is 14.0. The fraction of sp³-hybridized carbons (Fsp3) is 0.368. The number of benzene rings is 1. The summed E-state index contributed by atoms with van der Waals surface area (Å²) in [5, 5.41) is 6.44. The zero-order chi connectivity index (χ0) is 17.2. The van der Waals surface area contributed by atoms with Crippen molar-refractivity contribution in [3.05, 3.63) is 54.2 Å². The normalized spacial score (nSPS) is 11.1. The van der Waals surface area contributed by atoms with Gasteiger partial charge in [0.15, 0.2) is 5.96 Å². The van der Waals surface area contributed by atoms with Crippen LogP contribution in [0.1, 0.15) is 38.2 Å². The molecule has 0 spiro atoms. The number of pyridine rings is 1. The highest BCUT2D eigenvalue weighted by Gasteiger charge is 2.01. The third-order valence-electron chi connectivity index (χ3n) is 3.66. The fourth-order valence-electron chi connectivity index (χ4n) is 2.28. The van der Waals surface area contributed by atoms with Crippen molar-refractivity contribution in [2.75, 3.05) is 23.7 Å². The first kappa shape index (κ1) is 21.2. The summed E-state index contributed by atoms with van der Waals surface area (Å²) < 4.78 is 0. The molecule has 0 aliphatic rings. The third-order valence-corrected chi connectivity index (χ3v) is 3.66. The first-order valence-electron chi connectivity index (χ1n) is 8.47. The van der Waals surface area contributed by atoms with Crippen LogP contribution in [0.3, 0.4) is 0 Å². The van der Waals surface area contributed by atoms with Gasteiger partial charge in [0.05, 0.1) is 0 Å². The Balaban J connectivity index is 0.00000312. The molecular formula is C19H28IN5. The van der Waals surface area contributed by atoms with Gasteiger partial charge in [-0.1, -0.05) is 32.0 Å². The van der Waals surface area contributed by atoms with Crippen molar-refractivity contribution in [1.82, 2.24) is 4.98 Å². The Morgan fingerprint density at radius 3 is 2.72 bits per heavy atom. The minimum Gasteiger partial charge on any atom is -0.370 e. The third kappa shape index (κ3) is 8.20. The van der Waals surface area contributed by atoms with E-state index in [0.717, 1.165) is 30.9 Å². The monoisotopic (exact) mass is 453 g/mol. The Hall–Kier alpha value is -1.83. The number of aromatic nitrogens is 1. The molecule has 0 fully saturated rings. The average molecular weight is 453 g/mol. The lowest BCUT2D eigenvalue weighted by molar-refractivity contribution is 0.772. The van der Waals surface area contributed by atoms with Gasteiger partial charge in [0.2, 0.25) is 0 Å². The van der Waals surface area contributed by atoms with Gasteiger partial charge in [0.1, 0.15) is 5.82 Å². The zero-order valence-electron chi connectivity index (χ0n) is 14.9. The van der Waals surface area contributed by atoms with Crippen molar-refractivity contribution in [2.24, 2.45) is 10.7 Å².